The summed E-state index contributed by atoms with van der Waals surface area (Å²) in [7, 11) is 1.96. The third kappa shape index (κ3) is 3.76. The Morgan fingerprint density at radius 3 is 2.38 bits per heavy atom. The molecule has 2 heterocycles. The summed E-state index contributed by atoms with van der Waals surface area (Å²) in [6.45, 7) is 7.78. The fraction of sp³-hybridized carbons (Fsp3) is 0.226. The molecule has 168 valence electrons. The van der Waals surface area contributed by atoms with Gasteiger partial charge in [-0.3, -0.25) is 0 Å². The van der Waals surface area contributed by atoms with Gasteiger partial charge in [-0.25, -0.2) is 4.57 Å². The van der Waals surface area contributed by atoms with Gasteiger partial charge in [0.15, 0.2) is 11.8 Å². The Morgan fingerprint density at radius 1 is 0.971 bits per heavy atom. The maximum absolute atomic E-state index is 10.1. The number of aromatic nitrogens is 1. The Kier molecular flexibility index (Phi) is 4.69. The number of furan rings is 1. The number of nitrogens with zero attached hydrogens (tertiary/aromatic N) is 2. The average molecular weight is 448 g/mol. The highest BCUT2D eigenvalue weighted by Gasteiger charge is 2.24. The molecule has 0 aliphatic rings. The van der Waals surface area contributed by atoms with Crippen LogP contribution in [0.1, 0.15) is 40.2 Å². The number of aryl methyl sites for hydroxylation is 2. The summed E-state index contributed by atoms with van der Waals surface area (Å²) in [6, 6.07) is 24.2. The van der Waals surface area contributed by atoms with E-state index in [1.54, 1.807) is 0 Å². The largest absolute Gasteiger partial charge is 0.454 e. The van der Waals surface area contributed by atoms with E-state index in [1.807, 2.05) is 106 Å². The smallest absolute Gasteiger partial charge is 0.216 e. The van der Waals surface area contributed by atoms with Crippen LogP contribution in [0, 0.1) is 23.7 Å². The number of fused-ring (bicyclic) bond motifs is 3. The molecule has 0 fully saturated rings. The molecule has 0 spiro atoms. The minimum absolute atomic E-state index is 0.515. The lowest BCUT2D eigenvalue weighted by Gasteiger charge is -2.18. The Balaban J connectivity index is 1.81. The van der Waals surface area contributed by atoms with Crippen molar-refractivity contribution in [3.8, 4) is 28.5 Å². The maximum atomic E-state index is 10.1. The van der Waals surface area contributed by atoms with Crippen LogP contribution in [-0.4, -0.2) is 0 Å². The Morgan fingerprint density at radius 2 is 1.68 bits per heavy atom. The van der Waals surface area contributed by atoms with E-state index in [4.69, 9.17) is 7.16 Å². The van der Waals surface area contributed by atoms with Crippen LogP contribution in [0.4, 0.5) is 0 Å². The van der Waals surface area contributed by atoms with E-state index >= 15 is 0 Å². The molecule has 0 radical (unpaired) electrons. The van der Waals surface area contributed by atoms with Gasteiger partial charge < -0.3 is 4.42 Å². The van der Waals surface area contributed by atoms with Crippen LogP contribution in [0.5, 0.6) is 0 Å². The van der Waals surface area contributed by atoms with Crippen LogP contribution in [0.2, 0.25) is 0 Å². The van der Waals surface area contributed by atoms with Gasteiger partial charge in [0.2, 0.25) is 5.69 Å². The van der Waals surface area contributed by atoms with Crippen LogP contribution >= 0.6 is 0 Å². The average Bonchev–Trinajstić information content (AvgIpc) is 3.22. The minimum Gasteiger partial charge on any atom is -0.454 e. The van der Waals surface area contributed by atoms with Gasteiger partial charge in [0.1, 0.15) is 24.3 Å². The molecule has 0 aliphatic carbocycles. The van der Waals surface area contributed by atoms with E-state index in [1.165, 1.54) is 0 Å². The van der Waals surface area contributed by atoms with E-state index in [9.17, 15) is 5.26 Å². The second-order valence-corrected chi connectivity index (χ2v) is 9.87. The summed E-state index contributed by atoms with van der Waals surface area (Å²) in [6.07, 6.45) is 0.383. The van der Waals surface area contributed by atoms with Crippen LogP contribution in [0.3, 0.4) is 0 Å². The monoisotopic (exact) mass is 447 g/mol. The highest BCUT2D eigenvalue weighted by molar-refractivity contribution is 6.12. The number of hydrogen-bond acceptors (Lipinski definition) is 2. The quantitative estimate of drug-likeness (QED) is 0.268. The first-order valence-electron chi connectivity index (χ1n) is 12.5. The fourth-order valence-electron chi connectivity index (χ4n) is 4.62. The van der Waals surface area contributed by atoms with E-state index in [2.05, 4.69) is 12.1 Å². The molecule has 0 saturated heterocycles. The highest BCUT2D eigenvalue weighted by atomic mass is 16.3. The molecule has 0 saturated carbocycles. The second kappa shape index (κ2) is 8.15. The Bertz CT molecular complexity index is 1670. The molecule has 0 N–H and O–H groups in total. The van der Waals surface area contributed by atoms with Crippen molar-refractivity contribution in [2.75, 3.05) is 0 Å². The molecular formula is C31H29N2O+. The Labute approximate surface area is 203 Å². The van der Waals surface area contributed by atoms with Gasteiger partial charge in [-0.1, -0.05) is 69.3 Å². The van der Waals surface area contributed by atoms with Crippen LogP contribution in [-0.2, 0) is 13.4 Å². The van der Waals surface area contributed by atoms with Gasteiger partial charge in [0, 0.05) is 31.2 Å². The zero-order valence-electron chi connectivity index (χ0n) is 22.2. The van der Waals surface area contributed by atoms with Gasteiger partial charge in [0.05, 0.1) is 5.56 Å². The molecule has 5 rings (SSSR count). The van der Waals surface area contributed by atoms with Gasteiger partial charge in [-0.05, 0) is 41.5 Å². The lowest BCUT2D eigenvalue weighted by Crippen LogP contribution is -2.31. The molecule has 3 heteroatoms. The number of pyridine rings is 1. The van der Waals surface area contributed by atoms with Crippen LogP contribution in [0.15, 0.2) is 77.3 Å². The summed E-state index contributed by atoms with van der Waals surface area (Å²) in [4.78, 5) is 0. The lowest BCUT2D eigenvalue weighted by atomic mass is 9.87. The first-order valence-corrected chi connectivity index (χ1v) is 11.5. The first kappa shape index (κ1) is 19.6. The Hall–Kier alpha value is -3.90. The molecule has 0 atom stereocenters. The molecular weight excluding hydrogens is 416 g/mol. The zero-order valence-corrected chi connectivity index (χ0v) is 20.2. The van der Waals surface area contributed by atoms with Crippen LogP contribution in [0.25, 0.3) is 44.3 Å². The predicted octanol–water partition coefficient (Wildman–Crippen LogP) is 7.51. The predicted molar refractivity (Wildman–Crippen MR) is 138 cm³/mol. The molecule has 0 unspecified atom stereocenters. The SMILES string of the molecule is [2H]C([2H])(c1cc[n+](C)c(-c2c(C)ccc3c2oc2c(C#N)c(-c4ccccc4)ccc23)c1)C(C)(C)C. The molecule has 3 nitrogen and oxygen atoms in total. The van der Waals surface area contributed by atoms with Crippen molar-refractivity contribution in [2.24, 2.45) is 12.5 Å². The van der Waals surface area contributed by atoms with E-state index in [-0.39, 0.29) is 0 Å². The van der Waals surface area contributed by atoms with Gasteiger partial charge in [-0.2, -0.15) is 5.26 Å². The summed E-state index contributed by atoms with van der Waals surface area (Å²) >= 11 is 0. The molecule has 0 bridgehead atoms. The van der Waals surface area contributed by atoms with Crippen molar-refractivity contribution in [2.45, 2.75) is 34.1 Å². The molecule has 0 amide bonds. The molecule has 2 aromatic heterocycles. The molecule has 34 heavy (non-hydrogen) atoms. The fourth-order valence-corrected chi connectivity index (χ4v) is 4.62. The van der Waals surface area contributed by atoms with Crippen molar-refractivity contribution >= 4 is 21.9 Å². The van der Waals surface area contributed by atoms with Gasteiger partial charge in [-0.15, -0.1) is 0 Å². The number of rotatable bonds is 3. The summed E-state index contributed by atoms with van der Waals surface area (Å²) < 4.78 is 26.1. The summed E-state index contributed by atoms with van der Waals surface area (Å²) in [5.41, 5.74) is 6.45. The van der Waals surface area contributed by atoms with Gasteiger partial charge in [0.25, 0.3) is 0 Å². The molecule has 5 aromatic rings. The first-order chi connectivity index (χ1) is 17.0. The van der Waals surface area contributed by atoms with Crippen molar-refractivity contribution in [1.29, 1.82) is 5.26 Å². The number of nitriles is 1. The normalized spacial score (nSPS) is 13.1. The van der Waals surface area contributed by atoms with Crippen molar-refractivity contribution in [1.82, 2.24) is 0 Å². The van der Waals surface area contributed by atoms with E-state index in [0.717, 1.165) is 38.7 Å². The highest BCUT2D eigenvalue weighted by Crippen LogP contribution is 2.40. The van der Waals surface area contributed by atoms with Crippen molar-refractivity contribution in [3.05, 3.63) is 89.6 Å². The summed E-state index contributed by atoms with van der Waals surface area (Å²) in [5, 5.41) is 12.0. The van der Waals surface area contributed by atoms with E-state index < -0.39 is 11.8 Å². The van der Waals surface area contributed by atoms with Crippen molar-refractivity contribution < 1.29 is 11.7 Å². The van der Waals surface area contributed by atoms with Crippen molar-refractivity contribution in [3.63, 3.8) is 0 Å². The molecule has 0 aliphatic heterocycles. The van der Waals surface area contributed by atoms with Crippen LogP contribution < -0.4 is 4.57 Å². The zero-order chi connectivity index (χ0) is 25.8. The molecule has 3 aromatic carbocycles. The standard InChI is InChI=1S/C31H29N2O/c1-20-11-12-25-24-14-13-23(22-9-7-6-8-10-22)26(19-32)29(24)34-30(25)28(20)27-17-21(15-16-33(27)5)18-31(2,3)4/h6-17H,18H2,1-5H3/q+1/i18D2. The maximum Gasteiger partial charge on any atom is 0.216 e. The third-order valence-electron chi connectivity index (χ3n) is 6.14. The van der Waals surface area contributed by atoms with Gasteiger partial charge >= 0.3 is 0 Å². The second-order valence-electron chi connectivity index (χ2n) is 9.87. The number of hydrogen-bond donors (Lipinski definition) is 0. The lowest BCUT2D eigenvalue weighted by molar-refractivity contribution is -0.660. The number of benzene rings is 3. The van der Waals surface area contributed by atoms with E-state index in [0.29, 0.717) is 22.3 Å². The topological polar surface area (TPSA) is 40.8 Å². The third-order valence-corrected chi connectivity index (χ3v) is 6.14. The summed E-state index contributed by atoms with van der Waals surface area (Å²) in [5.74, 6) is 0. The minimum atomic E-state index is -1.52.